The second-order valence-corrected chi connectivity index (χ2v) is 12.8. The fourth-order valence-corrected chi connectivity index (χ4v) is 5.46. The van der Waals surface area contributed by atoms with Gasteiger partial charge in [0.2, 0.25) is 0 Å². The van der Waals surface area contributed by atoms with Crippen LogP contribution >= 0.6 is 0 Å². The van der Waals surface area contributed by atoms with Gasteiger partial charge in [-0.15, -0.1) is 0 Å². The summed E-state index contributed by atoms with van der Waals surface area (Å²) >= 11 is 0. The van der Waals surface area contributed by atoms with E-state index in [-0.39, 0.29) is 13.1 Å². The van der Waals surface area contributed by atoms with Gasteiger partial charge in [0.15, 0.2) is 0 Å². The predicted octanol–water partition coefficient (Wildman–Crippen LogP) is 4.30. The molecule has 0 bridgehead atoms. The lowest BCUT2D eigenvalue weighted by Crippen LogP contribution is -2.55. The summed E-state index contributed by atoms with van der Waals surface area (Å²) in [5.41, 5.74) is 0. The molecule has 0 aromatic heterocycles. The van der Waals surface area contributed by atoms with E-state index in [2.05, 4.69) is 21.0 Å². The molecule has 2 atom stereocenters. The van der Waals surface area contributed by atoms with Crippen LogP contribution in [0.4, 0.5) is 0 Å². The Morgan fingerprint density at radius 1 is 0.667 bits per heavy atom. The van der Waals surface area contributed by atoms with Crippen LogP contribution in [0.3, 0.4) is 0 Å². The number of quaternary nitrogens is 2. The molecule has 0 saturated heterocycles. The van der Waals surface area contributed by atoms with E-state index in [9.17, 15) is 19.8 Å². The smallest absolute Gasteiger partial charge is 0.119 e. The molecule has 1 rings (SSSR count). The van der Waals surface area contributed by atoms with E-state index in [0.29, 0.717) is 15.0 Å². The van der Waals surface area contributed by atoms with Crippen molar-refractivity contribution in [1.29, 1.82) is 0 Å². The van der Waals surface area contributed by atoms with Crippen molar-refractivity contribution in [3.63, 3.8) is 0 Å². The highest BCUT2D eigenvalue weighted by atomic mass is 16.4. The number of unbranched alkanes of at least 4 members (excludes halogenated alkanes) is 12. The summed E-state index contributed by atoms with van der Waals surface area (Å²) in [5.74, 6) is -1.10. The first-order valence-corrected chi connectivity index (χ1v) is 14.9. The summed E-state index contributed by atoms with van der Waals surface area (Å²) in [4.78, 5) is 20.9. The standard InChI is InChI=1S/C25H49NO2.C5H11NO2/c1-4-5-6-7-8-9-10-11-12-13-14-15-16-18-23-19-17-20-24(21-23)26(2,3)22-25(27)28;1-6(2,3)4-5(7)8/h23-24H,4-22H2,1-3H3;4H2,1-3H3. The number of carboxylic acid groups (broad SMARTS) is 2. The number of aliphatic carboxylic acids is 2. The first-order valence-electron chi connectivity index (χ1n) is 14.9. The van der Waals surface area contributed by atoms with Crippen molar-refractivity contribution in [3.05, 3.63) is 0 Å². The summed E-state index contributed by atoms with van der Waals surface area (Å²) in [5, 5.41) is 20.9. The molecule has 6 heteroatoms. The highest BCUT2D eigenvalue weighted by Crippen LogP contribution is 2.33. The molecule has 0 N–H and O–H groups in total. The Balaban J connectivity index is 0.00000131. The molecule has 0 radical (unpaired) electrons. The van der Waals surface area contributed by atoms with E-state index >= 15 is 0 Å². The minimum absolute atomic E-state index is 0.0694. The van der Waals surface area contributed by atoms with Gasteiger partial charge in [-0.3, -0.25) is 0 Å². The lowest BCUT2D eigenvalue weighted by atomic mass is 9.81. The van der Waals surface area contributed by atoms with Gasteiger partial charge >= 0.3 is 0 Å². The van der Waals surface area contributed by atoms with Crippen LogP contribution in [-0.4, -0.2) is 75.3 Å². The first-order chi connectivity index (χ1) is 16.9. The molecule has 214 valence electrons. The molecular weight excluding hydrogens is 452 g/mol. The van der Waals surface area contributed by atoms with Crippen molar-refractivity contribution in [1.82, 2.24) is 0 Å². The monoisotopic (exact) mass is 512 g/mol. The van der Waals surface area contributed by atoms with Gasteiger partial charge in [-0.2, -0.15) is 0 Å². The van der Waals surface area contributed by atoms with Crippen molar-refractivity contribution >= 4 is 11.9 Å². The van der Waals surface area contributed by atoms with E-state index in [0.717, 1.165) is 5.92 Å². The molecule has 6 nitrogen and oxygen atoms in total. The molecule has 0 aliphatic heterocycles. The van der Waals surface area contributed by atoms with Gasteiger partial charge in [-0.05, 0) is 25.2 Å². The maximum atomic E-state index is 11.0. The molecule has 1 fully saturated rings. The normalized spacial score (nSPS) is 18.4. The van der Waals surface area contributed by atoms with Crippen LogP contribution in [0.5, 0.6) is 0 Å². The Kier molecular flexibility index (Phi) is 19.3. The van der Waals surface area contributed by atoms with Crippen molar-refractivity contribution in [2.24, 2.45) is 5.92 Å². The van der Waals surface area contributed by atoms with Gasteiger partial charge < -0.3 is 28.8 Å². The van der Waals surface area contributed by atoms with Crippen LogP contribution in [0.25, 0.3) is 0 Å². The molecule has 1 saturated carbocycles. The molecule has 0 spiro atoms. The Morgan fingerprint density at radius 2 is 1.11 bits per heavy atom. The van der Waals surface area contributed by atoms with E-state index in [1.54, 1.807) is 21.1 Å². The SMILES string of the molecule is CCCCCCCCCCCCCCCC1CCCC([N+](C)(C)CC(=O)[O-])C1.C[N+](C)(C)CC(=O)[O-]. The van der Waals surface area contributed by atoms with E-state index in [4.69, 9.17) is 0 Å². The van der Waals surface area contributed by atoms with Crippen LogP contribution < -0.4 is 10.2 Å². The molecule has 0 aromatic carbocycles. The van der Waals surface area contributed by atoms with Crippen LogP contribution in [0, 0.1) is 5.92 Å². The number of carbonyl (C=O) groups excluding carboxylic acids is 2. The third-order valence-corrected chi connectivity index (χ3v) is 7.60. The van der Waals surface area contributed by atoms with Crippen molar-refractivity contribution in [2.45, 2.75) is 129 Å². The van der Waals surface area contributed by atoms with Gasteiger partial charge in [-0.25, -0.2) is 0 Å². The van der Waals surface area contributed by atoms with Gasteiger partial charge in [0.1, 0.15) is 13.1 Å². The van der Waals surface area contributed by atoms with Gasteiger partial charge in [0.25, 0.3) is 0 Å². The molecule has 0 aromatic rings. The molecule has 2 unspecified atom stereocenters. The maximum Gasteiger partial charge on any atom is 0.119 e. The average molecular weight is 513 g/mol. The fourth-order valence-electron chi connectivity index (χ4n) is 5.46. The van der Waals surface area contributed by atoms with Crippen LogP contribution in [0.15, 0.2) is 0 Å². The minimum Gasteiger partial charge on any atom is -0.544 e. The van der Waals surface area contributed by atoms with Gasteiger partial charge in [0.05, 0.1) is 53.2 Å². The van der Waals surface area contributed by atoms with Crippen molar-refractivity contribution in [2.75, 3.05) is 48.3 Å². The average Bonchev–Trinajstić information content (AvgIpc) is 2.75. The number of nitrogens with zero attached hydrogens (tertiary/aromatic N) is 2. The zero-order valence-corrected chi connectivity index (χ0v) is 24.8. The Labute approximate surface area is 223 Å². The lowest BCUT2D eigenvalue weighted by molar-refractivity contribution is -0.911. The third-order valence-electron chi connectivity index (χ3n) is 7.60. The number of likely N-dealkylation sites (N-methyl/N-ethyl adjacent to an activating group) is 2. The second-order valence-electron chi connectivity index (χ2n) is 12.8. The van der Waals surface area contributed by atoms with E-state index in [1.807, 2.05) is 0 Å². The fraction of sp³-hybridized carbons (Fsp3) is 0.933. The minimum atomic E-state index is -1.00. The zero-order valence-electron chi connectivity index (χ0n) is 24.8. The molecule has 0 heterocycles. The molecule has 1 aliphatic carbocycles. The molecular formula is C30H60N2O4. The maximum absolute atomic E-state index is 11.0. The number of hydrogen-bond donors (Lipinski definition) is 0. The number of carbonyl (C=O) groups is 2. The summed E-state index contributed by atoms with van der Waals surface area (Å²) < 4.78 is 1.01. The first kappa shape index (κ1) is 34.9. The Bertz CT molecular complexity index is 572. The van der Waals surface area contributed by atoms with E-state index < -0.39 is 11.9 Å². The Morgan fingerprint density at radius 3 is 1.50 bits per heavy atom. The topological polar surface area (TPSA) is 80.3 Å². The van der Waals surface area contributed by atoms with E-state index in [1.165, 1.54) is 116 Å². The predicted molar refractivity (Wildman–Crippen MR) is 146 cm³/mol. The summed E-state index contributed by atoms with van der Waals surface area (Å²) in [7, 11) is 9.53. The number of carboxylic acids is 2. The van der Waals surface area contributed by atoms with Crippen LogP contribution in [0.2, 0.25) is 0 Å². The number of rotatable bonds is 19. The Hall–Kier alpha value is -1.14. The van der Waals surface area contributed by atoms with Gasteiger partial charge in [0, 0.05) is 6.42 Å². The van der Waals surface area contributed by atoms with Crippen molar-refractivity contribution in [3.8, 4) is 0 Å². The number of hydrogen-bond acceptors (Lipinski definition) is 4. The quantitative estimate of drug-likeness (QED) is 0.191. The summed E-state index contributed by atoms with van der Waals surface area (Å²) in [6, 6.07) is 0.499. The van der Waals surface area contributed by atoms with Crippen LogP contribution in [0.1, 0.15) is 122 Å². The highest BCUT2D eigenvalue weighted by molar-refractivity contribution is 5.65. The van der Waals surface area contributed by atoms with Gasteiger partial charge in [-0.1, -0.05) is 96.8 Å². The largest absolute Gasteiger partial charge is 0.544 e. The van der Waals surface area contributed by atoms with Crippen LogP contribution in [-0.2, 0) is 9.59 Å². The summed E-state index contributed by atoms with van der Waals surface area (Å²) in [6.45, 7) is 2.50. The molecule has 36 heavy (non-hydrogen) atoms. The zero-order chi connectivity index (χ0) is 27.5. The highest BCUT2D eigenvalue weighted by Gasteiger charge is 2.33. The molecule has 0 amide bonds. The molecule has 1 aliphatic rings. The third kappa shape index (κ3) is 21.0. The lowest BCUT2D eigenvalue weighted by Gasteiger charge is -2.42. The van der Waals surface area contributed by atoms with Crippen molar-refractivity contribution < 1.29 is 28.8 Å². The summed E-state index contributed by atoms with van der Waals surface area (Å²) in [6.07, 6.45) is 24.7. The second kappa shape index (κ2) is 19.9.